The van der Waals surface area contributed by atoms with Gasteiger partial charge in [0.05, 0.1) is 16.1 Å². The van der Waals surface area contributed by atoms with Crippen LogP contribution in [-0.2, 0) is 0 Å². The smallest absolute Gasteiger partial charge is 0.162 e. The maximum absolute atomic E-state index is 13.2. The van der Waals surface area contributed by atoms with Crippen molar-refractivity contribution in [2.24, 2.45) is 0 Å². The molecule has 1 aromatic rings. The van der Waals surface area contributed by atoms with Crippen molar-refractivity contribution < 1.29 is 9.18 Å². The third-order valence-electron chi connectivity index (χ3n) is 1.58. The fourth-order valence-electron chi connectivity index (χ4n) is 0.908. The third kappa shape index (κ3) is 1.68. The molecular formula is C9H5ClFNO. The number of hydrogen-bond acceptors (Lipinski definition) is 2. The number of Topliss-reactive ketones (excluding diaryl/α,β-unsaturated/α-hetero) is 1. The molecule has 0 bridgehead atoms. The molecule has 0 atom stereocenters. The second-order valence-corrected chi connectivity index (χ2v) is 2.83. The van der Waals surface area contributed by atoms with E-state index < -0.39 is 11.6 Å². The molecule has 4 heteroatoms. The summed E-state index contributed by atoms with van der Waals surface area (Å²) in [7, 11) is 0. The summed E-state index contributed by atoms with van der Waals surface area (Å²) in [4.78, 5) is 10.8. The second kappa shape index (κ2) is 3.55. The average Bonchev–Trinajstić information content (AvgIpc) is 2.09. The Kier molecular flexibility index (Phi) is 2.64. The Labute approximate surface area is 79.5 Å². The van der Waals surface area contributed by atoms with Gasteiger partial charge in [-0.15, -0.1) is 0 Å². The fraction of sp³-hybridized carbons (Fsp3) is 0.111. The van der Waals surface area contributed by atoms with Gasteiger partial charge in [0.1, 0.15) is 6.07 Å². The van der Waals surface area contributed by atoms with Crippen LogP contribution >= 0.6 is 11.6 Å². The molecule has 0 N–H and O–H groups in total. The molecule has 2 nitrogen and oxygen atoms in total. The van der Waals surface area contributed by atoms with Gasteiger partial charge in [-0.2, -0.15) is 5.26 Å². The van der Waals surface area contributed by atoms with Gasteiger partial charge in [0, 0.05) is 0 Å². The monoisotopic (exact) mass is 197 g/mol. The van der Waals surface area contributed by atoms with Crippen LogP contribution in [0.15, 0.2) is 12.1 Å². The lowest BCUT2D eigenvalue weighted by molar-refractivity contribution is 0.101. The number of hydrogen-bond donors (Lipinski definition) is 0. The molecule has 0 saturated heterocycles. The van der Waals surface area contributed by atoms with Crippen LogP contribution in [0.4, 0.5) is 4.39 Å². The topological polar surface area (TPSA) is 40.9 Å². The van der Waals surface area contributed by atoms with Gasteiger partial charge in [-0.05, 0) is 19.1 Å². The first kappa shape index (κ1) is 9.69. The van der Waals surface area contributed by atoms with E-state index in [2.05, 4.69) is 0 Å². The van der Waals surface area contributed by atoms with E-state index in [-0.39, 0.29) is 16.1 Å². The molecule has 1 rings (SSSR count). The lowest BCUT2D eigenvalue weighted by Gasteiger charge is -2.01. The van der Waals surface area contributed by atoms with E-state index in [4.69, 9.17) is 16.9 Å². The molecule has 0 radical (unpaired) electrons. The lowest BCUT2D eigenvalue weighted by Crippen LogP contribution is -1.98. The molecule has 66 valence electrons. The molecule has 0 spiro atoms. The standard InChI is InChI=1S/C9H5ClFNO/c1-5(13)7-3-2-6(4-12)8(10)9(7)11/h2-3H,1H3. The minimum atomic E-state index is -0.826. The van der Waals surface area contributed by atoms with Crippen LogP contribution in [0.5, 0.6) is 0 Å². The summed E-state index contributed by atoms with van der Waals surface area (Å²) in [6, 6.07) is 4.29. The van der Waals surface area contributed by atoms with Crippen molar-refractivity contribution in [3.63, 3.8) is 0 Å². The molecule has 0 aliphatic carbocycles. The molecule has 0 aliphatic rings. The first-order valence-corrected chi connectivity index (χ1v) is 3.84. The highest BCUT2D eigenvalue weighted by Crippen LogP contribution is 2.22. The van der Waals surface area contributed by atoms with E-state index in [1.54, 1.807) is 6.07 Å². The number of rotatable bonds is 1. The van der Waals surface area contributed by atoms with Gasteiger partial charge in [-0.25, -0.2) is 4.39 Å². The molecule has 0 amide bonds. The van der Waals surface area contributed by atoms with E-state index in [1.807, 2.05) is 0 Å². The van der Waals surface area contributed by atoms with Gasteiger partial charge >= 0.3 is 0 Å². The first-order valence-electron chi connectivity index (χ1n) is 3.47. The van der Waals surface area contributed by atoms with Crippen LogP contribution in [0.3, 0.4) is 0 Å². The van der Waals surface area contributed by atoms with E-state index >= 15 is 0 Å². The Bertz CT molecular complexity index is 409. The summed E-state index contributed by atoms with van der Waals surface area (Å²) in [6.07, 6.45) is 0. The van der Waals surface area contributed by atoms with Crippen molar-refractivity contribution >= 4 is 17.4 Å². The normalized spacial score (nSPS) is 9.38. The highest BCUT2D eigenvalue weighted by molar-refractivity contribution is 6.32. The van der Waals surface area contributed by atoms with Gasteiger partial charge < -0.3 is 0 Å². The summed E-state index contributed by atoms with van der Waals surface area (Å²) in [5, 5.41) is 8.19. The quantitative estimate of drug-likeness (QED) is 0.650. The van der Waals surface area contributed by atoms with E-state index in [1.165, 1.54) is 19.1 Å². The highest BCUT2D eigenvalue weighted by atomic mass is 35.5. The third-order valence-corrected chi connectivity index (χ3v) is 1.95. The maximum atomic E-state index is 13.2. The fourth-order valence-corrected chi connectivity index (χ4v) is 1.11. The Hall–Kier alpha value is -1.40. The molecule has 0 fully saturated rings. The Morgan fingerprint density at radius 2 is 2.23 bits per heavy atom. The van der Waals surface area contributed by atoms with Crippen molar-refractivity contribution in [3.8, 4) is 6.07 Å². The zero-order chi connectivity index (χ0) is 10.0. The molecule has 0 unspecified atom stereocenters. The van der Waals surface area contributed by atoms with Crippen LogP contribution in [0, 0.1) is 17.1 Å². The van der Waals surface area contributed by atoms with Gasteiger partial charge in [0.2, 0.25) is 0 Å². The van der Waals surface area contributed by atoms with Crippen LogP contribution in [0.2, 0.25) is 5.02 Å². The molecule has 0 aliphatic heterocycles. The summed E-state index contributed by atoms with van der Waals surface area (Å²) in [5.74, 6) is -1.24. The predicted octanol–water partition coefficient (Wildman–Crippen LogP) is 2.55. The molecule has 0 heterocycles. The maximum Gasteiger partial charge on any atom is 0.162 e. The lowest BCUT2D eigenvalue weighted by atomic mass is 10.1. The highest BCUT2D eigenvalue weighted by Gasteiger charge is 2.13. The summed E-state index contributed by atoms with van der Waals surface area (Å²) in [6.45, 7) is 1.24. The first-order chi connectivity index (χ1) is 6.07. The Balaban J connectivity index is 3.42. The summed E-state index contributed by atoms with van der Waals surface area (Å²) < 4.78 is 13.2. The number of halogens is 2. The number of carbonyl (C=O) groups is 1. The Morgan fingerprint density at radius 1 is 1.62 bits per heavy atom. The average molecular weight is 198 g/mol. The number of ketones is 1. The van der Waals surface area contributed by atoms with Crippen LogP contribution < -0.4 is 0 Å². The van der Waals surface area contributed by atoms with E-state index in [0.29, 0.717) is 0 Å². The SMILES string of the molecule is CC(=O)c1ccc(C#N)c(Cl)c1F. The van der Waals surface area contributed by atoms with Crippen molar-refractivity contribution in [3.05, 3.63) is 34.1 Å². The van der Waals surface area contributed by atoms with Gasteiger partial charge in [0.25, 0.3) is 0 Å². The van der Waals surface area contributed by atoms with Gasteiger partial charge in [0.15, 0.2) is 11.6 Å². The molecule has 0 saturated carbocycles. The number of nitriles is 1. The van der Waals surface area contributed by atoms with Crippen molar-refractivity contribution in [1.29, 1.82) is 5.26 Å². The van der Waals surface area contributed by atoms with E-state index in [9.17, 15) is 9.18 Å². The van der Waals surface area contributed by atoms with Crippen LogP contribution in [0.1, 0.15) is 22.8 Å². The minimum absolute atomic E-state index is 0.0316. The largest absolute Gasteiger partial charge is 0.294 e. The number of nitrogens with zero attached hydrogens (tertiary/aromatic N) is 1. The molecule has 0 aromatic heterocycles. The molecule has 13 heavy (non-hydrogen) atoms. The van der Waals surface area contributed by atoms with Gasteiger partial charge in [-0.3, -0.25) is 4.79 Å². The zero-order valence-electron chi connectivity index (χ0n) is 6.77. The van der Waals surface area contributed by atoms with Gasteiger partial charge in [-0.1, -0.05) is 11.6 Å². The van der Waals surface area contributed by atoms with E-state index in [0.717, 1.165) is 0 Å². The van der Waals surface area contributed by atoms with Crippen molar-refractivity contribution in [2.45, 2.75) is 6.92 Å². The predicted molar refractivity (Wildman–Crippen MR) is 46.1 cm³/mol. The summed E-state index contributed by atoms with van der Waals surface area (Å²) in [5.41, 5.74) is -0.0619. The summed E-state index contributed by atoms with van der Waals surface area (Å²) >= 11 is 5.49. The zero-order valence-corrected chi connectivity index (χ0v) is 7.52. The van der Waals surface area contributed by atoms with Crippen molar-refractivity contribution in [2.75, 3.05) is 0 Å². The second-order valence-electron chi connectivity index (χ2n) is 2.46. The molecule has 1 aromatic carbocycles. The van der Waals surface area contributed by atoms with Crippen LogP contribution in [-0.4, -0.2) is 5.78 Å². The van der Waals surface area contributed by atoms with Crippen molar-refractivity contribution in [1.82, 2.24) is 0 Å². The number of benzene rings is 1. The molecular weight excluding hydrogens is 193 g/mol. The van der Waals surface area contributed by atoms with Crippen LogP contribution in [0.25, 0.3) is 0 Å². The Morgan fingerprint density at radius 3 is 2.69 bits per heavy atom. The minimum Gasteiger partial charge on any atom is -0.294 e. The number of carbonyl (C=O) groups excluding carboxylic acids is 1.